The minimum absolute atomic E-state index is 0.343. The predicted octanol–water partition coefficient (Wildman–Crippen LogP) is 0.769. The molecule has 0 aromatic carbocycles. The molecular weight excluding hydrogens is 144 g/mol. The molecular formula is C7H16N2O2. The molecule has 4 heteroatoms. The van der Waals surface area contributed by atoms with E-state index < -0.39 is 6.23 Å². The van der Waals surface area contributed by atoms with Crippen LogP contribution in [-0.2, 0) is 4.74 Å². The van der Waals surface area contributed by atoms with Crippen LogP contribution in [-0.4, -0.2) is 30.3 Å². The van der Waals surface area contributed by atoms with Gasteiger partial charge in [-0.2, -0.15) is 0 Å². The molecule has 0 aromatic heterocycles. The molecule has 0 rings (SSSR count). The summed E-state index contributed by atoms with van der Waals surface area (Å²) >= 11 is 0. The topological polar surface area (TPSA) is 55.6 Å². The Kier molecular flexibility index (Phi) is 4.61. The van der Waals surface area contributed by atoms with Crippen LogP contribution in [0.2, 0.25) is 0 Å². The van der Waals surface area contributed by atoms with E-state index in [9.17, 15) is 4.79 Å². The molecule has 0 aliphatic carbocycles. The van der Waals surface area contributed by atoms with Crippen molar-refractivity contribution >= 4 is 6.09 Å². The van der Waals surface area contributed by atoms with E-state index in [1.54, 1.807) is 11.8 Å². The van der Waals surface area contributed by atoms with E-state index >= 15 is 0 Å². The van der Waals surface area contributed by atoms with Crippen LogP contribution >= 0.6 is 0 Å². The van der Waals surface area contributed by atoms with E-state index in [1.165, 1.54) is 0 Å². The Morgan fingerprint density at radius 1 is 1.55 bits per heavy atom. The third-order valence-corrected chi connectivity index (χ3v) is 1.31. The highest BCUT2D eigenvalue weighted by molar-refractivity contribution is 5.67. The highest BCUT2D eigenvalue weighted by Gasteiger charge is 2.11. The number of hydrogen-bond donors (Lipinski definition) is 1. The van der Waals surface area contributed by atoms with Crippen LogP contribution in [0.3, 0.4) is 0 Å². The lowest BCUT2D eigenvalue weighted by atomic mass is 10.5. The number of carbonyl (C=O) groups excluding carboxylic acids is 1. The van der Waals surface area contributed by atoms with Crippen LogP contribution in [0.25, 0.3) is 0 Å². The van der Waals surface area contributed by atoms with Gasteiger partial charge >= 0.3 is 6.09 Å². The number of hydrogen-bond acceptors (Lipinski definition) is 3. The minimum Gasteiger partial charge on any atom is -0.431 e. The van der Waals surface area contributed by atoms with Crippen LogP contribution in [0.1, 0.15) is 20.8 Å². The molecule has 1 unspecified atom stereocenters. The molecule has 0 fully saturated rings. The van der Waals surface area contributed by atoms with Gasteiger partial charge in [-0.25, -0.2) is 4.79 Å². The lowest BCUT2D eigenvalue weighted by molar-refractivity contribution is 0.0754. The third kappa shape index (κ3) is 3.83. The molecule has 4 nitrogen and oxygen atoms in total. The monoisotopic (exact) mass is 160 g/mol. The number of rotatable bonds is 3. The van der Waals surface area contributed by atoms with Crippen molar-refractivity contribution in [2.24, 2.45) is 5.73 Å². The Bertz CT molecular complexity index is 122. The first kappa shape index (κ1) is 10.2. The van der Waals surface area contributed by atoms with Crippen molar-refractivity contribution in [2.45, 2.75) is 27.0 Å². The molecule has 0 radical (unpaired) electrons. The number of nitrogens with zero attached hydrogens (tertiary/aromatic N) is 1. The lowest BCUT2D eigenvalue weighted by Gasteiger charge is -2.19. The maximum Gasteiger partial charge on any atom is 0.411 e. The fourth-order valence-corrected chi connectivity index (χ4v) is 0.715. The van der Waals surface area contributed by atoms with Crippen molar-refractivity contribution in [1.29, 1.82) is 0 Å². The molecule has 0 spiro atoms. The lowest BCUT2D eigenvalue weighted by Crippen LogP contribution is -2.35. The zero-order valence-electron chi connectivity index (χ0n) is 7.33. The van der Waals surface area contributed by atoms with Gasteiger partial charge in [0, 0.05) is 13.1 Å². The second kappa shape index (κ2) is 4.96. The normalized spacial score (nSPS) is 12.4. The van der Waals surface area contributed by atoms with Crippen molar-refractivity contribution in [3.05, 3.63) is 0 Å². The van der Waals surface area contributed by atoms with Crippen molar-refractivity contribution in [3.63, 3.8) is 0 Å². The van der Waals surface area contributed by atoms with Gasteiger partial charge in [-0.15, -0.1) is 0 Å². The van der Waals surface area contributed by atoms with Gasteiger partial charge < -0.3 is 9.64 Å². The van der Waals surface area contributed by atoms with E-state index in [0.29, 0.717) is 13.1 Å². The van der Waals surface area contributed by atoms with E-state index in [2.05, 4.69) is 0 Å². The fourth-order valence-electron chi connectivity index (χ4n) is 0.715. The van der Waals surface area contributed by atoms with Crippen LogP contribution in [0.5, 0.6) is 0 Å². The summed E-state index contributed by atoms with van der Waals surface area (Å²) in [4.78, 5) is 12.6. The molecule has 0 aliphatic heterocycles. The van der Waals surface area contributed by atoms with Gasteiger partial charge in [0.05, 0.1) is 0 Å². The third-order valence-electron chi connectivity index (χ3n) is 1.31. The molecule has 0 heterocycles. The SMILES string of the molecule is CCN(CC)C(=O)OC(C)N. The van der Waals surface area contributed by atoms with Crippen LogP contribution < -0.4 is 5.73 Å². The maximum absolute atomic E-state index is 11.0. The smallest absolute Gasteiger partial charge is 0.411 e. The average Bonchev–Trinajstić information content (AvgIpc) is 1.88. The molecule has 0 bridgehead atoms. The Hall–Kier alpha value is -0.770. The summed E-state index contributed by atoms with van der Waals surface area (Å²) in [6.45, 7) is 6.73. The minimum atomic E-state index is -0.525. The highest BCUT2D eigenvalue weighted by Crippen LogP contribution is 1.94. The molecule has 0 saturated carbocycles. The molecule has 11 heavy (non-hydrogen) atoms. The van der Waals surface area contributed by atoms with Gasteiger partial charge in [0.2, 0.25) is 0 Å². The standard InChI is InChI=1S/C7H16N2O2/c1-4-9(5-2)7(10)11-6(3)8/h6H,4-5,8H2,1-3H3. The molecule has 0 aromatic rings. The summed E-state index contributed by atoms with van der Waals surface area (Å²) in [5.41, 5.74) is 5.27. The average molecular weight is 160 g/mol. The van der Waals surface area contributed by atoms with Gasteiger partial charge in [0.1, 0.15) is 6.23 Å². The van der Waals surface area contributed by atoms with Gasteiger partial charge in [-0.3, -0.25) is 5.73 Å². The molecule has 0 saturated heterocycles. The zero-order valence-corrected chi connectivity index (χ0v) is 7.33. The Labute approximate surface area is 67.3 Å². The predicted molar refractivity (Wildman–Crippen MR) is 43.1 cm³/mol. The summed E-state index contributed by atoms with van der Waals surface area (Å²) in [5, 5.41) is 0. The number of nitrogens with two attached hydrogens (primary N) is 1. The quantitative estimate of drug-likeness (QED) is 0.620. The Morgan fingerprint density at radius 3 is 2.27 bits per heavy atom. The van der Waals surface area contributed by atoms with Gasteiger partial charge in [0.25, 0.3) is 0 Å². The van der Waals surface area contributed by atoms with E-state index in [-0.39, 0.29) is 6.09 Å². The summed E-state index contributed by atoms with van der Waals surface area (Å²) in [7, 11) is 0. The molecule has 66 valence electrons. The van der Waals surface area contributed by atoms with Crippen molar-refractivity contribution in [2.75, 3.05) is 13.1 Å². The molecule has 1 amide bonds. The first-order valence-corrected chi connectivity index (χ1v) is 3.82. The number of carbonyl (C=O) groups is 1. The van der Waals surface area contributed by atoms with E-state index in [4.69, 9.17) is 10.5 Å². The van der Waals surface area contributed by atoms with Crippen LogP contribution in [0.15, 0.2) is 0 Å². The molecule has 2 N–H and O–H groups in total. The molecule has 0 aliphatic rings. The van der Waals surface area contributed by atoms with Crippen molar-refractivity contribution < 1.29 is 9.53 Å². The van der Waals surface area contributed by atoms with Gasteiger partial charge in [0.15, 0.2) is 0 Å². The zero-order chi connectivity index (χ0) is 8.85. The van der Waals surface area contributed by atoms with Gasteiger partial charge in [-0.05, 0) is 20.8 Å². The first-order chi connectivity index (χ1) is 5.11. The van der Waals surface area contributed by atoms with Crippen molar-refractivity contribution in [3.8, 4) is 0 Å². The number of amides is 1. The Balaban J connectivity index is 3.79. The largest absolute Gasteiger partial charge is 0.431 e. The second-order valence-electron chi connectivity index (χ2n) is 2.26. The van der Waals surface area contributed by atoms with E-state index in [1.807, 2.05) is 13.8 Å². The van der Waals surface area contributed by atoms with Crippen molar-refractivity contribution in [1.82, 2.24) is 4.90 Å². The maximum atomic E-state index is 11.0. The van der Waals surface area contributed by atoms with E-state index in [0.717, 1.165) is 0 Å². The first-order valence-electron chi connectivity index (χ1n) is 3.82. The summed E-state index contributed by atoms with van der Waals surface area (Å²) < 4.78 is 4.76. The summed E-state index contributed by atoms with van der Waals surface area (Å²) in [6, 6.07) is 0. The number of ether oxygens (including phenoxy) is 1. The summed E-state index contributed by atoms with van der Waals surface area (Å²) in [6.07, 6.45) is -0.868. The van der Waals surface area contributed by atoms with Crippen LogP contribution in [0, 0.1) is 0 Å². The second-order valence-corrected chi connectivity index (χ2v) is 2.26. The summed E-state index contributed by atoms with van der Waals surface area (Å²) in [5.74, 6) is 0. The Morgan fingerprint density at radius 2 is 2.00 bits per heavy atom. The van der Waals surface area contributed by atoms with Gasteiger partial charge in [-0.1, -0.05) is 0 Å². The molecule has 1 atom stereocenters. The highest BCUT2D eigenvalue weighted by atomic mass is 16.6. The van der Waals surface area contributed by atoms with Crippen LogP contribution in [0.4, 0.5) is 4.79 Å². The fraction of sp³-hybridized carbons (Fsp3) is 0.857.